The molecule has 0 atom stereocenters. The Bertz CT molecular complexity index is 942. The van der Waals surface area contributed by atoms with Crippen LogP contribution in [0.3, 0.4) is 0 Å². The van der Waals surface area contributed by atoms with Crippen LogP contribution in [0.15, 0.2) is 47.4 Å². The van der Waals surface area contributed by atoms with E-state index in [4.69, 9.17) is 0 Å². The molecule has 26 heavy (non-hydrogen) atoms. The third kappa shape index (κ3) is 5.13. The van der Waals surface area contributed by atoms with E-state index in [0.29, 0.717) is 5.56 Å². The van der Waals surface area contributed by atoms with Crippen molar-refractivity contribution in [1.29, 1.82) is 0 Å². The number of nitrogens with one attached hydrogen (secondary N) is 2. The molecule has 138 valence electrons. The largest absolute Gasteiger partial charge is 0.352 e. The quantitative estimate of drug-likeness (QED) is 0.755. The minimum absolute atomic E-state index is 0.0619. The van der Waals surface area contributed by atoms with Crippen molar-refractivity contribution in [2.24, 2.45) is 0 Å². The lowest BCUT2D eigenvalue weighted by molar-refractivity contribution is -0.116. The standard InChI is InChI=1S/C18H19FN2O4S/c1-12-5-3-4-6-14(12)18(23)20-10-9-17(22)21-16-11-13(26(2,24)25)7-8-15(16)19/h3-8,11H,9-10H2,1-2H3,(H,20,23)(H,21,22). The van der Waals surface area contributed by atoms with Crippen molar-refractivity contribution in [1.82, 2.24) is 5.32 Å². The molecule has 0 heterocycles. The van der Waals surface area contributed by atoms with Gasteiger partial charge in [-0.1, -0.05) is 18.2 Å². The van der Waals surface area contributed by atoms with Crippen molar-refractivity contribution in [3.8, 4) is 0 Å². The number of aryl methyl sites for hydroxylation is 1. The molecule has 0 fully saturated rings. The zero-order valence-corrected chi connectivity index (χ0v) is 15.2. The van der Waals surface area contributed by atoms with Gasteiger partial charge in [-0.05, 0) is 36.8 Å². The molecule has 6 nitrogen and oxygen atoms in total. The van der Waals surface area contributed by atoms with Crippen LogP contribution >= 0.6 is 0 Å². The number of rotatable bonds is 6. The molecular formula is C18H19FN2O4S. The third-order valence-corrected chi connectivity index (χ3v) is 4.78. The molecule has 0 aliphatic heterocycles. The highest BCUT2D eigenvalue weighted by Gasteiger charge is 2.14. The van der Waals surface area contributed by atoms with Gasteiger partial charge in [0.2, 0.25) is 5.91 Å². The van der Waals surface area contributed by atoms with Crippen LogP contribution in [-0.4, -0.2) is 33.0 Å². The number of hydrogen-bond acceptors (Lipinski definition) is 4. The average molecular weight is 378 g/mol. The van der Waals surface area contributed by atoms with Crippen molar-refractivity contribution < 1.29 is 22.4 Å². The van der Waals surface area contributed by atoms with Crippen molar-refractivity contribution in [2.75, 3.05) is 18.1 Å². The molecule has 0 unspecified atom stereocenters. The number of anilines is 1. The van der Waals surface area contributed by atoms with Crippen LogP contribution in [0.4, 0.5) is 10.1 Å². The monoisotopic (exact) mass is 378 g/mol. The maximum Gasteiger partial charge on any atom is 0.251 e. The topological polar surface area (TPSA) is 92.3 Å². The fraction of sp³-hybridized carbons (Fsp3) is 0.222. The normalized spacial score (nSPS) is 11.0. The van der Waals surface area contributed by atoms with Gasteiger partial charge in [0.15, 0.2) is 9.84 Å². The van der Waals surface area contributed by atoms with Crippen LogP contribution in [0, 0.1) is 12.7 Å². The molecule has 0 aliphatic carbocycles. The Morgan fingerprint density at radius 3 is 2.46 bits per heavy atom. The molecule has 0 saturated carbocycles. The van der Waals surface area contributed by atoms with Crippen LogP contribution in [0.5, 0.6) is 0 Å². The summed E-state index contributed by atoms with van der Waals surface area (Å²) in [4.78, 5) is 23.9. The molecule has 0 bridgehead atoms. The molecule has 2 amide bonds. The first-order valence-corrected chi connectivity index (χ1v) is 9.71. The van der Waals surface area contributed by atoms with E-state index < -0.39 is 21.6 Å². The molecule has 2 aromatic carbocycles. The van der Waals surface area contributed by atoms with Crippen LogP contribution in [-0.2, 0) is 14.6 Å². The maximum absolute atomic E-state index is 13.8. The van der Waals surface area contributed by atoms with Gasteiger partial charge in [-0.3, -0.25) is 9.59 Å². The molecule has 8 heteroatoms. The van der Waals surface area contributed by atoms with Gasteiger partial charge in [-0.15, -0.1) is 0 Å². The highest BCUT2D eigenvalue weighted by Crippen LogP contribution is 2.19. The first-order valence-electron chi connectivity index (χ1n) is 7.82. The summed E-state index contributed by atoms with van der Waals surface area (Å²) in [5.41, 5.74) is 1.11. The van der Waals surface area contributed by atoms with E-state index in [0.717, 1.165) is 30.0 Å². The Labute approximate surface area is 151 Å². The second-order valence-electron chi connectivity index (χ2n) is 5.78. The Balaban J connectivity index is 1.93. The highest BCUT2D eigenvalue weighted by molar-refractivity contribution is 7.90. The van der Waals surface area contributed by atoms with Crippen LogP contribution in [0.2, 0.25) is 0 Å². The number of halogens is 1. The Morgan fingerprint density at radius 2 is 1.81 bits per heavy atom. The zero-order valence-electron chi connectivity index (χ0n) is 14.4. The van der Waals surface area contributed by atoms with Crippen molar-refractivity contribution in [2.45, 2.75) is 18.2 Å². The van der Waals surface area contributed by atoms with Crippen LogP contribution in [0.25, 0.3) is 0 Å². The smallest absolute Gasteiger partial charge is 0.251 e. The summed E-state index contributed by atoms with van der Waals surface area (Å²) >= 11 is 0. The van der Waals surface area contributed by atoms with Crippen molar-refractivity contribution in [3.63, 3.8) is 0 Å². The van der Waals surface area contributed by atoms with E-state index in [-0.39, 0.29) is 29.5 Å². The summed E-state index contributed by atoms with van der Waals surface area (Å²) < 4.78 is 36.8. The van der Waals surface area contributed by atoms with E-state index in [9.17, 15) is 22.4 Å². The molecule has 0 aromatic heterocycles. The molecule has 0 spiro atoms. The van der Waals surface area contributed by atoms with E-state index in [1.165, 1.54) is 0 Å². The van der Waals surface area contributed by atoms with E-state index >= 15 is 0 Å². The number of carbonyl (C=O) groups is 2. The average Bonchev–Trinajstić information content (AvgIpc) is 2.56. The summed E-state index contributed by atoms with van der Waals surface area (Å²) in [6.07, 6.45) is 0.910. The molecule has 2 rings (SSSR count). The van der Waals surface area contributed by atoms with Gasteiger partial charge < -0.3 is 10.6 Å². The maximum atomic E-state index is 13.8. The molecule has 0 radical (unpaired) electrons. The van der Waals surface area contributed by atoms with E-state index in [2.05, 4.69) is 10.6 Å². The van der Waals surface area contributed by atoms with Gasteiger partial charge in [0.05, 0.1) is 10.6 Å². The minimum atomic E-state index is -3.52. The van der Waals surface area contributed by atoms with Gasteiger partial charge in [0.25, 0.3) is 5.91 Å². The van der Waals surface area contributed by atoms with Crippen LogP contribution in [0.1, 0.15) is 22.3 Å². The van der Waals surface area contributed by atoms with Gasteiger partial charge in [-0.2, -0.15) is 0 Å². The molecule has 0 aliphatic rings. The van der Waals surface area contributed by atoms with Gasteiger partial charge in [-0.25, -0.2) is 12.8 Å². The predicted octanol–water partition coefficient (Wildman–Crippen LogP) is 2.30. The number of benzene rings is 2. The molecule has 0 saturated heterocycles. The molecular weight excluding hydrogens is 359 g/mol. The Kier molecular flexibility index (Phi) is 6.10. The summed E-state index contributed by atoms with van der Waals surface area (Å²) in [6, 6.07) is 10.2. The van der Waals surface area contributed by atoms with E-state index in [1.54, 1.807) is 25.1 Å². The molecule has 2 N–H and O–H groups in total. The molecule has 2 aromatic rings. The van der Waals surface area contributed by atoms with Gasteiger partial charge >= 0.3 is 0 Å². The van der Waals surface area contributed by atoms with Gasteiger partial charge in [0.1, 0.15) is 5.82 Å². The lowest BCUT2D eigenvalue weighted by Crippen LogP contribution is -2.28. The number of hydrogen-bond donors (Lipinski definition) is 2. The van der Waals surface area contributed by atoms with Crippen LogP contribution < -0.4 is 10.6 Å². The second kappa shape index (κ2) is 8.09. The minimum Gasteiger partial charge on any atom is -0.352 e. The SMILES string of the molecule is Cc1ccccc1C(=O)NCCC(=O)Nc1cc(S(C)(=O)=O)ccc1F. The number of amides is 2. The summed E-state index contributed by atoms with van der Waals surface area (Å²) in [6.45, 7) is 1.87. The number of carbonyl (C=O) groups excluding carboxylic acids is 2. The Morgan fingerprint density at radius 1 is 1.12 bits per heavy atom. The number of sulfone groups is 1. The predicted molar refractivity (Wildman–Crippen MR) is 96.3 cm³/mol. The Hall–Kier alpha value is -2.74. The summed E-state index contributed by atoms with van der Waals surface area (Å²) in [5.74, 6) is -1.59. The fourth-order valence-electron chi connectivity index (χ4n) is 2.26. The fourth-order valence-corrected chi connectivity index (χ4v) is 2.90. The second-order valence-corrected chi connectivity index (χ2v) is 7.80. The highest BCUT2D eigenvalue weighted by atomic mass is 32.2. The van der Waals surface area contributed by atoms with Crippen molar-refractivity contribution >= 4 is 27.3 Å². The van der Waals surface area contributed by atoms with E-state index in [1.807, 2.05) is 6.07 Å². The van der Waals surface area contributed by atoms with Crippen molar-refractivity contribution in [3.05, 3.63) is 59.4 Å². The van der Waals surface area contributed by atoms with Gasteiger partial charge in [0, 0.05) is 24.8 Å². The third-order valence-electron chi connectivity index (χ3n) is 3.67. The first-order chi connectivity index (χ1) is 12.2. The lowest BCUT2D eigenvalue weighted by atomic mass is 10.1. The first kappa shape index (κ1) is 19.6. The lowest BCUT2D eigenvalue weighted by Gasteiger charge is -2.09. The summed E-state index contributed by atoms with van der Waals surface area (Å²) in [5, 5.41) is 4.94. The zero-order chi connectivity index (χ0) is 19.3. The summed E-state index contributed by atoms with van der Waals surface area (Å²) in [7, 11) is -3.52.